The predicted molar refractivity (Wildman–Crippen MR) is 97.2 cm³/mol. The van der Waals surface area contributed by atoms with Gasteiger partial charge in [0.15, 0.2) is 5.69 Å². The Kier molecular flexibility index (Phi) is 5.00. The van der Waals surface area contributed by atoms with E-state index in [1.807, 2.05) is 24.3 Å². The van der Waals surface area contributed by atoms with E-state index in [4.69, 9.17) is 0 Å². The van der Waals surface area contributed by atoms with Crippen molar-refractivity contribution in [1.29, 1.82) is 0 Å². The van der Waals surface area contributed by atoms with E-state index in [-0.39, 0.29) is 5.69 Å². The van der Waals surface area contributed by atoms with Crippen LogP contribution in [0.5, 0.6) is 0 Å². The van der Waals surface area contributed by atoms with Gasteiger partial charge in [0.25, 0.3) is 11.8 Å². The Labute approximate surface area is 159 Å². The maximum Gasteiger partial charge on any atom is 0.292 e. The van der Waals surface area contributed by atoms with Gasteiger partial charge in [-0.2, -0.15) is 0 Å². The summed E-state index contributed by atoms with van der Waals surface area (Å²) in [7, 11) is 0. The average Bonchev–Trinajstić information content (AvgIpc) is 3.18. The largest absolute Gasteiger partial charge is 0.356 e. The van der Waals surface area contributed by atoms with Gasteiger partial charge in [0.2, 0.25) is 0 Å². The molecule has 2 heterocycles. The molecule has 0 unspecified atom stereocenters. The normalized spacial score (nSPS) is 10.5. The summed E-state index contributed by atoms with van der Waals surface area (Å²) in [5.41, 5.74) is 6.38. The first kappa shape index (κ1) is 17.4. The van der Waals surface area contributed by atoms with Crippen LogP contribution in [0.3, 0.4) is 0 Å². The molecule has 8 nitrogen and oxygen atoms in total. The summed E-state index contributed by atoms with van der Waals surface area (Å²) in [6, 6.07) is 9.04. The van der Waals surface area contributed by atoms with Crippen molar-refractivity contribution < 1.29 is 9.59 Å². The Morgan fingerprint density at radius 1 is 1.12 bits per heavy atom. The third-order valence-electron chi connectivity index (χ3n) is 3.34. The van der Waals surface area contributed by atoms with Crippen molar-refractivity contribution in [3.8, 4) is 5.69 Å². The number of H-pyrrole nitrogens is 1. The van der Waals surface area contributed by atoms with Gasteiger partial charge in [-0.1, -0.05) is 27.2 Å². The number of aromatic nitrogens is 4. The number of carbonyl (C=O) groups is 2. The zero-order valence-corrected chi connectivity index (χ0v) is 16.1. The quantitative estimate of drug-likeness (QED) is 0.514. The van der Waals surface area contributed by atoms with E-state index in [9.17, 15) is 9.59 Å². The van der Waals surface area contributed by atoms with Crippen molar-refractivity contribution in [2.75, 3.05) is 0 Å². The summed E-state index contributed by atoms with van der Waals surface area (Å²) in [5.74, 6) is -1.03. The van der Waals surface area contributed by atoms with Crippen LogP contribution in [0.4, 0.5) is 0 Å². The fourth-order valence-corrected chi connectivity index (χ4v) is 2.86. The zero-order chi connectivity index (χ0) is 18.0. The molecule has 0 aliphatic heterocycles. The number of hydrogen-bond donors (Lipinski definition) is 3. The second-order valence-electron chi connectivity index (χ2n) is 5.05. The number of benzene rings is 1. The van der Waals surface area contributed by atoms with Crippen LogP contribution >= 0.6 is 31.9 Å². The fraction of sp³-hybridized carbons (Fsp3) is 0.0667. The highest BCUT2D eigenvalue weighted by molar-refractivity contribution is 9.10. The standard InChI is InChI=1S/C15H12Br2N6O2/c1-8-13(19-22-23(8)11-4-2-3-9(16)5-11)15(25)21-20-14(24)12-6-10(17)7-18-12/h2-7,18H,1H3,(H,20,24)(H,21,25). The van der Waals surface area contributed by atoms with Gasteiger partial charge >= 0.3 is 0 Å². The van der Waals surface area contributed by atoms with Crippen LogP contribution in [-0.4, -0.2) is 31.8 Å². The maximum absolute atomic E-state index is 12.2. The van der Waals surface area contributed by atoms with E-state index >= 15 is 0 Å². The molecule has 3 rings (SSSR count). The third-order valence-corrected chi connectivity index (χ3v) is 4.30. The highest BCUT2D eigenvalue weighted by atomic mass is 79.9. The number of nitrogens with zero attached hydrogens (tertiary/aromatic N) is 3. The molecule has 3 aromatic rings. The van der Waals surface area contributed by atoms with Gasteiger partial charge in [-0.25, -0.2) is 4.68 Å². The number of carbonyl (C=O) groups excluding carboxylic acids is 2. The number of hydrazine groups is 1. The summed E-state index contributed by atoms with van der Waals surface area (Å²) in [4.78, 5) is 26.9. The number of amides is 2. The molecule has 0 saturated carbocycles. The molecule has 3 N–H and O–H groups in total. The number of halogens is 2. The van der Waals surface area contributed by atoms with Crippen LogP contribution in [0.2, 0.25) is 0 Å². The summed E-state index contributed by atoms with van der Waals surface area (Å²) >= 11 is 6.62. The van der Waals surface area contributed by atoms with Crippen molar-refractivity contribution in [3.05, 3.63) is 62.6 Å². The van der Waals surface area contributed by atoms with E-state index in [1.165, 1.54) is 0 Å². The molecular formula is C15H12Br2N6O2. The molecule has 0 saturated heterocycles. The molecule has 10 heteroatoms. The molecule has 25 heavy (non-hydrogen) atoms. The van der Waals surface area contributed by atoms with Crippen molar-refractivity contribution in [3.63, 3.8) is 0 Å². The Morgan fingerprint density at radius 3 is 2.56 bits per heavy atom. The van der Waals surface area contributed by atoms with E-state index in [0.29, 0.717) is 11.4 Å². The first-order chi connectivity index (χ1) is 12.0. The topological polar surface area (TPSA) is 105 Å². The third kappa shape index (κ3) is 3.80. The Bertz CT molecular complexity index is 949. The SMILES string of the molecule is Cc1c(C(=O)NNC(=O)c2cc(Br)c[nH]2)nnn1-c1cccc(Br)c1. The Morgan fingerprint density at radius 2 is 1.88 bits per heavy atom. The van der Waals surface area contributed by atoms with E-state index in [1.54, 1.807) is 23.9 Å². The van der Waals surface area contributed by atoms with Gasteiger partial charge in [0.1, 0.15) is 5.69 Å². The van der Waals surface area contributed by atoms with Crippen LogP contribution in [0.15, 0.2) is 45.5 Å². The van der Waals surface area contributed by atoms with Gasteiger partial charge in [0, 0.05) is 15.1 Å². The first-order valence-electron chi connectivity index (χ1n) is 7.08. The lowest BCUT2D eigenvalue weighted by Gasteiger charge is -2.06. The Hall–Kier alpha value is -2.46. The zero-order valence-electron chi connectivity index (χ0n) is 12.9. The van der Waals surface area contributed by atoms with Gasteiger partial charge < -0.3 is 4.98 Å². The van der Waals surface area contributed by atoms with Crippen LogP contribution in [0.25, 0.3) is 5.69 Å². The monoisotopic (exact) mass is 466 g/mol. The molecule has 0 bridgehead atoms. The molecule has 1 aromatic carbocycles. The van der Waals surface area contributed by atoms with Gasteiger partial charge in [-0.3, -0.25) is 20.4 Å². The fourth-order valence-electron chi connectivity index (χ4n) is 2.13. The Balaban J connectivity index is 1.72. The van der Waals surface area contributed by atoms with Gasteiger partial charge in [-0.05, 0) is 47.1 Å². The lowest BCUT2D eigenvalue weighted by Crippen LogP contribution is -2.42. The molecule has 2 aromatic heterocycles. The average molecular weight is 468 g/mol. The van der Waals surface area contributed by atoms with E-state index < -0.39 is 11.8 Å². The van der Waals surface area contributed by atoms with Crippen LogP contribution < -0.4 is 10.9 Å². The van der Waals surface area contributed by atoms with Crippen molar-refractivity contribution >= 4 is 43.7 Å². The summed E-state index contributed by atoms with van der Waals surface area (Å²) in [5, 5.41) is 7.89. The molecule has 0 aliphatic rings. The van der Waals surface area contributed by atoms with Gasteiger partial charge in [0.05, 0.1) is 11.4 Å². The minimum atomic E-state index is -0.558. The maximum atomic E-state index is 12.2. The van der Waals surface area contributed by atoms with E-state index in [0.717, 1.165) is 14.6 Å². The molecule has 128 valence electrons. The summed E-state index contributed by atoms with van der Waals surface area (Å²) < 4.78 is 3.16. The second kappa shape index (κ2) is 7.19. The van der Waals surface area contributed by atoms with Crippen molar-refractivity contribution in [2.45, 2.75) is 6.92 Å². The minimum absolute atomic E-state index is 0.118. The molecule has 0 atom stereocenters. The predicted octanol–water partition coefficient (Wildman–Crippen LogP) is 2.50. The smallest absolute Gasteiger partial charge is 0.292 e. The van der Waals surface area contributed by atoms with Crippen LogP contribution in [-0.2, 0) is 0 Å². The molecular weight excluding hydrogens is 456 g/mol. The first-order valence-corrected chi connectivity index (χ1v) is 8.67. The molecule has 0 radical (unpaired) electrons. The van der Waals surface area contributed by atoms with Crippen LogP contribution in [0.1, 0.15) is 26.7 Å². The highest BCUT2D eigenvalue weighted by Gasteiger charge is 2.18. The van der Waals surface area contributed by atoms with Gasteiger partial charge in [-0.15, -0.1) is 5.10 Å². The molecule has 0 spiro atoms. The second-order valence-corrected chi connectivity index (χ2v) is 6.89. The molecule has 0 fully saturated rings. The van der Waals surface area contributed by atoms with E-state index in [2.05, 4.69) is 58.0 Å². The number of nitrogens with one attached hydrogen (secondary N) is 3. The lowest BCUT2D eigenvalue weighted by molar-refractivity contribution is 0.0841. The highest BCUT2D eigenvalue weighted by Crippen LogP contribution is 2.17. The number of aromatic amines is 1. The summed E-state index contributed by atoms with van der Waals surface area (Å²) in [6.07, 6.45) is 1.62. The lowest BCUT2D eigenvalue weighted by atomic mass is 10.3. The number of hydrogen-bond acceptors (Lipinski definition) is 4. The molecule has 2 amide bonds. The summed E-state index contributed by atoms with van der Waals surface area (Å²) in [6.45, 7) is 1.72. The number of rotatable bonds is 3. The minimum Gasteiger partial charge on any atom is -0.356 e. The molecule has 0 aliphatic carbocycles. The van der Waals surface area contributed by atoms with Crippen molar-refractivity contribution in [1.82, 2.24) is 30.8 Å². The van der Waals surface area contributed by atoms with Crippen molar-refractivity contribution in [2.24, 2.45) is 0 Å². The van der Waals surface area contributed by atoms with Crippen LogP contribution in [0, 0.1) is 6.92 Å².